The average molecular weight is 300 g/mol. The van der Waals surface area contributed by atoms with E-state index in [9.17, 15) is 4.79 Å². The maximum absolute atomic E-state index is 12.1. The van der Waals surface area contributed by atoms with E-state index < -0.39 is 0 Å². The minimum absolute atomic E-state index is 0.0492. The van der Waals surface area contributed by atoms with Gasteiger partial charge in [0, 0.05) is 13.7 Å². The summed E-state index contributed by atoms with van der Waals surface area (Å²) in [4.78, 5) is 12.1. The first-order valence-electron chi connectivity index (χ1n) is 7.83. The third-order valence-corrected chi connectivity index (χ3v) is 3.77. The van der Waals surface area contributed by atoms with Crippen LogP contribution in [0.5, 0.6) is 0 Å². The summed E-state index contributed by atoms with van der Waals surface area (Å²) in [5.74, 6) is 0.275. The van der Waals surface area contributed by atoms with Crippen LogP contribution in [0.3, 0.4) is 0 Å². The lowest BCUT2D eigenvalue weighted by Gasteiger charge is -2.19. The Bertz CT molecular complexity index is 351. The predicted molar refractivity (Wildman–Crippen MR) is 79.5 cm³/mol. The van der Waals surface area contributed by atoms with Crippen molar-refractivity contribution in [2.75, 3.05) is 20.3 Å². The van der Waals surface area contributed by atoms with Crippen molar-refractivity contribution in [1.82, 2.24) is 0 Å². The van der Waals surface area contributed by atoms with Crippen LogP contribution in [0.15, 0.2) is 11.3 Å². The molecule has 1 aliphatic rings. The van der Waals surface area contributed by atoms with Crippen LogP contribution in [0, 0.1) is 5.92 Å². The summed E-state index contributed by atoms with van der Waals surface area (Å²) >= 11 is 0. The van der Waals surface area contributed by atoms with Crippen LogP contribution in [0.1, 0.15) is 52.4 Å². The number of ether oxygens (including phenoxy) is 3. The first kappa shape index (κ1) is 18.0. The normalized spacial score (nSPS) is 21.5. The van der Waals surface area contributed by atoms with Gasteiger partial charge >= 0.3 is 5.97 Å². The molecule has 1 heterocycles. The molecule has 2 atom stereocenters. The molecule has 122 valence electrons. The minimum Gasteiger partial charge on any atom is -0.468 e. The van der Waals surface area contributed by atoms with Crippen LogP contribution >= 0.6 is 0 Å². The van der Waals surface area contributed by atoms with Gasteiger partial charge in [-0.1, -0.05) is 25.7 Å². The first-order valence-corrected chi connectivity index (χ1v) is 7.83. The fourth-order valence-electron chi connectivity index (χ4n) is 2.72. The molecule has 0 amide bonds. The lowest BCUT2D eigenvalue weighted by atomic mass is 9.93. The van der Waals surface area contributed by atoms with Crippen molar-refractivity contribution in [3.8, 4) is 0 Å². The molecule has 0 saturated carbocycles. The fraction of sp³-hybridized carbons (Fsp3) is 0.812. The molecule has 0 aromatic carbocycles. The number of aliphatic hydroxyl groups is 1. The van der Waals surface area contributed by atoms with Crippen molar-refractivity contribution in [2.24, 2.45) is 5.92 Å². The maximum atomic E-state index is 12.1. The zero-order valence-electron chi connectivity index (χ0n) is 13.4. The van der Waals surface area contributed by atoms with Gasteiger partial charge in [0.05, 0.1) is 18.1 Å². The molecular weight excluding hydrogens is 272 g/mol. The van der Waals surface area contributed by atoms with Crippen LogP contribution in [0.4, 0.5) is 0 Å². The Hall–Kier alpha value is -1.07. The number of hydrogen-bond acceptors (Lipinski definition) is 5. The van der Waals surface area contributed by atoms with Gasteiger partial charge in [-0.2, -0.15) is 0 Å². The molecule has 0 saturated heterocycles. The van der Waals surface area contributed by atoms with E-state index in [0.717, 1.165) is 38.5 Å². The molecule has 0 radical (unpaired) electrons. The third kappa shape index (κ3) is 5.32. The van der Waals surface area contributed by atoms with E-state index in [2.05, 4.69) is 0 Å². The molecule has 21 heavy (non-hydrogen) atoms. The SMILES string of the molecule is CCOC(=O)C1=C(C)O[C@@H](OC)[C@@H]1CCCCCCCO. The molecule has 1 N–H and O–H groups in total. The van der Waals surface area contributed by atoms with E-state index in [4.69, 9.17) is 19.3 Å². The van der Waals surface area contributed by atoms with Gasteiger partial charge < -0.3 is 19.3 Å². The maximum Gasteiger partial charge on any atom is 0.337 e. The number of carbonyl (C=O) groups is 1. The second-order valence-corrected chi connectivity index (χ2v) is 5.30. The van der Waals surface area contributed by atoms with Crippen molar-refractivity contribution >= 4 is 5.97 Å². The molecule has 5 heteroatoms. The van der Waals surface area contributed by atoms with Crippen LogP contribution in [-0.4, -0.2) is 37.7 Å². The van der Waals surface area contributed by atoms with E-state index in [1.807, 2.05) is 0 Å². The number of rotatable bonds is 10. The Balaban J connectivity index is 2.51. The van der Waals surface area contributed by atoms with E-state index in [0.29, 0.717) is 17.9 Å². The van der Waals surface area contributed by atoms with Crippen molar-refractivity contribution in [2.45, 2.75) is 58.7 Å². The number of allylic oxidation sites excluding steroid dienone is 1. The smallest absolute Gasteiger partial charge is 0.337 e. The molecule has 0 aliphatic carbocycles. The quantitative estimate of drug-likeness (QED) is 0.496. The Morgan fingerprint density at radius 2 is 1.90 bits per heavy atom. The molecule has 0 aromatic rings. The van der Waals surface area contributed by atoms with Gasteiger partial charge in [0.2, 0.25) is 6.29 Å². The Labute approximate surface area is 127 Å². The van der Waals surface area contributed by atoms with Crippen molar-refractivity contribution in [3.63, 3.8) is 0 Å². The lowest BCUT2D eigenvalue weighted by molar-refractivity contribution is -0.140. The number of methoxy groups -OCH3 is 1. The van der Waals surface area contributed by atoms with E-state index in [1.54, 1.807) is 21.0 Å². The molecular formula is C16H28O5. The average Bonchev–Trinajstić information content (AvgIpc) is 2.79. The highest BCUT2D eigenvalue weighted by Gasteiger charge is 2.39. The van der Waals surface area contributed by atoms with E-state index >= 15 is 0 Å². The van der Waals surface area contributed by atoms with Crippen molar-refractivity contribution < 1.29 is 24.1 Å². The number of aliphatic hydroxyl groups excluding tert-OH is 1. The summed E-state index contributed by atoms with van der Waals surface area (Å²) in [6.07, 6.45) is 5.57. The van der Waals surface area contributed by atoms with Gasteiger partial charge in [0.15, 0.2) is 0 Å². The number of carbonyl (C=O) groups excluding carboxylic acids is 1. The molecule has 1 aliphatic heterocycles. The largest absolute Gasteiger partial charge is 0.468 e. The van der Waals surface area contributed by atoms with Gasteiger partial charge in [0.25, 0.3) is 0 Å². The molecule has 0 fully saturated rings. The predicted octanol–water partition coefficient (Wildman–Crippen LogP) is 2.78. The van der Waals surface area contributed by atoms with Gasteiger partial charge in [-0.3, -0.25) is 0 Å². The standard InChI is InChI=1S/C16H28O5/c1-4-20-15(18)14-12(2)21-16(19-3)13(14)10-8-6-5-7-9-11-17/h13,16-17H,4-11H2,1-3H3/t13-,16-/m1/s1. The zero-order chi connectivity index (χ0) is 15.7. The summed E-state index contributed by atoms with van der Waals surface area (Å²) in [5, 5.41) is 8.75. The molecule has 0 unspecified atom stereocenters. The fourth-order valence-corrected chi connectivity index (χ4v) is 2.72. The van der Waals surface area contributed by atoms with Crippen molar-refractivity contribution in [1.29, 1.82) is 0 Å². The van der Waals surface area contributed by atoms with Gasteiger partial charge in [0.1, 0.15) is 5.76 Å². The highest BCUT2D eigenvalue weighted by molar-refractivity contribution is 5.90. The molecule has 0 spiro atoms. The van der Waals surface area contributed by atoms with Crippen LogP contribution in [0.2, 0.25) is 0 Å². The lowest BCUT2D eigenvalue weighted by Crippen LogP contribution is -2.24. The van der Waals surface area contributed by atoms with Crippen molar-refractivity contribution in [3.05, 3.63) is 11.3 Å². The Morgan fingerprint density at radius 3 is 2.52 bits per heavy atom. The molecule has 0 aromatic heterocycles. The molecule has 0 bridgehead atoms. The second-order valence-electron chi connectivity index (χ2n) is 5.30. The zero-order valence-corrected chi connectivity index (χ0v) is 13.4. The second kappa shape index (κ2) is 9.79. The van der Waals surface area contributed by atoms with Crippen LogP contribution in [0.25, 0.3) is 0 Å². The molecule has 5 nitrogen and oxygen atoms in total. The first-order chi connectivity index (χ1) is 10.2. The summed E-state index contributed by atoms with van der Waals surface area (Å²) in [6, 6.07) is 0. The van der Waals surface area contributed by atoms with Crippen LogP contribution < -0.4 is 0 Å². The highest BCUT2D eigenvalue weighted by Crippen LogP contribution is 2.36. The third-order valence-electron chi connectivity index (χ3n) is 3.77. The van der Waals surface area contributed by atoms with Gasteiger partial charge in [-0.05, 0) is 26.7 Å². The van der Waals surface area contributed by atoms with Crippen LogP contribution in [-0.2, 0) is 19.0 Å². The van der Waals surface area contributed by atoms with E-state index in [1.165, 1.54) is 0 Å². The summed E-state index contributed by atoms with van der Waals surface area (Å²) in [7, 11) is 1.60. The summed E-state index contributed by atoms with van der Waals surface area (Å²) in [5.41, 5.74) is 0.624. The summed E-state index contributed by atoms with van der Waals surface area (Å²) in [6.45, 7) is 4.21. The topological polar surface area (TPSA) is 65.0 Å². The highest BCUT2D eigenvalue weighted by atomic mass is 16.7. The van der Waals surface area contributed by atoms with E-state index in [-0.39, 0.29) is 24.8 Å². The summed E-state index contributed by atoms with van der Waals surface area (Å²) < 4.78 is 16.1. The molecule has 1 rings (SSSR count). The number of unbranched alkanes of at least 4 members (excludes halogenated alkanes) is 4. The minimum atomic E-state index is -0.387. The van der Waals surface area contributed by atoms with Gasteiger partial charge in [-0.15, -0.1) is 0 Å². The number of hydrogen-bond donors (Lipinski definition) is 1. The van der Waals surface area contributed by atoms with Gasteiger partial charge in [-0.25, -0.2) is 4.79 Å². The monoisotopic (exact) mass is 300 g/mol. The Kier molecular flexibility index (Phi) is 8.38. The number of esters is 1. The Morgan fingerprint density at radius 1 is 1.24 bits per heavy atom.